The zero-order chi connectivity index (χ0) is 25.1. The molecule has 0 unspecified atom stereocenters. The van der Waals surface area contributed by atoms with Gasteiger partial charge in [-0.2, -0.15) is 0 Å². The van der Waals surface area contributed by atoms with Crippen molar-refractivity contribution in [2.24, 2.45) is 0 Å². The highest BCUT2D eigenvalue weighted by molar-refractivity contribution is 6.07. The van der Waals surface area contributed by atoms with Crippen molar-refractivity contribution in [1.82, 2.24) is 9.55 Å². The first-order valence-electron chi connectivity index (χ1n) is 10.6. The van der Waals surface area contributed by atoms with E-state index in [9.17, 15) is 9.59 Å². The van der Waals surface area contributed by atoms with Gasteiger partial charge in [-0.05, 0) is 41.3 Å². The molecular weight excluding hydrogens is 488 g/mol. The molecule has 2 heterocycles. The average Bonchev–Trinajstić information content (AvgIpc) is 2.91. The van der Waals surface area contributed by atoms with Crippen molar-refractivity contribution in [2.45, 2.75) is 0 Å². The molecule has 2 aromatic heterocycles. The lowest BCUT2D eigenvalue weighted by molar-refractivity contribution is 0.0591. The highest BCUT2D eigenvalue weighted by Crippen LogP contribution is 2.43. The lowest BCUT2D eigenvalue weighted by atomic mass is 9.95. The maximum Gasteiger partial charge on any atom is 0.355 e. The number of fused-ring (bicyclic) bond motifs is 1. The molecule has 4 aromatic rings. The van der Waals surface area contributed by atoms with Crippen molar-refractivity contribution in [2.75, 3.05) is 35.5 Å². The lowest BCUT2D eigenvalue weighted by Crippen LogP contribution is -2.28. The molecule has 0 atom stereocenters. The summed E-state index contributed by atoms with van der Waals surface area (Å²) in [5, 5.41) is 0.912. The van der Waals surface area contributed by atoms with Gasteiger partial charge in [-0.3, -0.25) is 4.79 Å². The molecule has 0 spiro atoms. The first-order valence-corrected chi connectivity index (χ1v) is 10.6. The van der Waals surface area contributed by atoms with Crippen LogP contribution in [-0.2, 0) is 4.74 Å². The summed E-state index contributed by atoms with van der Waals surface area (Å²) in [6, 6.07) is 13.7. The number of hydrogen-bond acceptors (Lipinski definition) is 8. The summed E-state index contributed by atoms with van der Waals surface area (Å²) < 4.78 is 28.3. The molecule has 0 radical (unpaired) electrons. The Morgan fingerprint density at radius 2 is 1.42 bits per heavy atom. The van der Waals surface area contributed by atoms with Gasteiger partial charge in [-0.1, -0.05) is 18.2 Å². The molecule has 2 aromatic carbocycles. The van der Waals surface area contributed by atoms with E-state index in [0.29, 0.717) is 44.9 Å². The van der Waals surface area contributed by atoms with E-state index in [1.165, 1.54) is 46.3 Å². The van der Waals surface area contributed by atoms with Crippen molar-refractivity contribution in [3.05, 3.63) is 70.8 Å². The molecule has 0 fully saturated rings. The van der Waals surface area contributed by atoms with Gasteiger partial charge < -0.3 is 23.7 Å². The molecule has 0 aliphatic carbocycles. The molecular formula is C26H25ClN2O7. The monoisotopic (exact) mass is 512 g/mol. The fourth-order valence-electron chi connectivity index (χ4n) is 4.07. The number of carbonyl (C=O) groups is 1. The number of ether oxygens (including phenoxy) is 5. The Morgan fingerprint density at radius 3 is 1.97 bits per heavy atom. The highest BCUT2D eigenvalue weighted by atomic mass is 35.5. The number of methoxy groups -OCH3 is 5. The van der Waals surface area contributed by atoms with Crippen molar-refractivity contribution in [3.63, 3.8) is 0 Å². The molecule has 0 aliphatic heterocycles. The van der Waals surface area contributed by atoms with Crippen LogP contribution in [0.25, 0.3) is 27.7 Å². The Kier molecular flexibility index (Phi) is 8.06. The Balaban J connectivity index is 0.00000361. The van der Waals surface area contributed by atoms with Crippen LogP contribution in [0.15, 0.2) is 59.5 Å². The van der Waals surface area contributed by atoms with E-state index in [1.54, 1.807) is 48.5 Å². The second-order valence-corrected chi connectivity index (χ2v) is 7.34. The molecule has 9 nitrogen and oxygen atoms in total. The Labute approximate surface area is 213 Å². The summed E-state index contributed by atoms with van der Waals surface area (Å²) in [4.78, 5) is 31.4. The van der Waals surface area contributed by atoms with Gasteiger partial charge in [0.1, 0.15) is 5.69 Å². The number of hydrogen-bond donors (Lipinski definition) is 0. The highest BCUT2D eigenvalue weighted by Gasteiger charge is 2.28. The molecule has 0 saturated carbocycles. The van der Waals surface area contributed by atoms with Crippen molar-refractivity contribution in [1.29, 1.82) is 0 Å². The third-order valence-electron chi connectivity index (χ3n) is 5.61. The number of aromatic nitrogens is 2. The fourth-order valence-corrected chi connectivity index (χ4v) is 4.07. The first-order chi connectivity index (χ1) is 17.0. The summed E-state index contributed by atoms with van der Waals surface area (Å²) in [6.07, 6.45) is 1.51. The number of carbonyl (C=O) groups excluding carboxylic acids is 1. The SMILES string of the molecule is COC(=O)c1c(-c2cc(OC)c(OC)c(OC)c2)c2ccccc2c(=O)n1-c1ncccc1OC.Cl. The number of nitrogens with zero attached hydrogens (tertiary/aromatic N) is 2. The molecule has 0 N–H and O–H groups in total. The van der Waals surface area contributed by atoms with Crippen LogP contribution < -0.4 is 24.5 Å². The number of pyridine rings is 2. The zero-order valence-corrected chi connectivity index (χ0v) is 21.2. The van der Waals surface area contributed by atoms with E-state index >= 15 is 0 Å². The molecule has 0 aliphatic rings. The quantitative estimate of drug-likeness (QED) is 0.338. The van der Waals surface area contributed by atoms with Crippen LogP contribution in [0.3, 0.4) is 0 Å². The predicted octanol–water partition coefficient (Wildman–Crippen LogP) is 4.30. The minimum atomic E-state index is -0.732. The molecule has 188 valence electrons. The molecule has 0 saturated heterocycles. The number of benzene rings is 2. The van der Waals surface area contributed by atoms with Crippen molar-refractivity contribution in [3.8, 4) is 39.9 Å². The standard InChI is InChI=1S/C26H24N2O7.ClH/c1-31-18-11-8-12-27-24(18)28-22(26(30)35-5)21(16-9-6-7-10-17(16)25(28)29)15-13-19(32-2)23(34-4)20(14-15)33-3;/h6-14H,1-5H3;1H. The average molecular weight is 513 g/mol. The number of halogens is 1. The second kappa shape index (κ2) is 11.0. The van der Waals surface area contributed by atoms with Gasteiger partial charge in [0.2, 0.25) is 5.75 Å². The van der Waals surface area contributed by atoms with Gasteiger partial charge >= 0.3 is 5.97 Å². The van der Waals surface area contributed by atoms with E-state index < -0.39 is 11.5 Å². The largest absolute Gasteiger partial charge is 0.493 e. The first kappa shape index (κ1) is 26.4. The normalized spacial score (nSPS) is 10.4. The van der Waals surface area contributed by atoms with Crippen molar-refractivity contribution < 1.29 is 28.5 Å². The second-order valence-electron chi connectivity index (χ2n) is 7.34. The predicted molar refractivity (Wildman–Crippen MR) is 138 cm³/mol. The fraction of sp³-hybridized carbons (Fsp3) is 0.192. The summed E-state index contributed by atoms with van der Waals surface area (Å²) in [7, 11) is 7.22. The Bertz CT molecular complexity index is 1460. The minimum Gasteiger partial charge on any atom is -0.493 e. The van der Waals surface area contributed by atoms with E-state index in [-0.39, 0.29) is 23.9 Å². The summed E-state index contributed by atoms with van der Waals surface area (Å²) in [6.45, 7) is 0. The van der Waals surface area contributed by atoms with Crippen LogP contribution >= 0.6 is 12.4 Å². The van der Waals surface area contributed by atoms with Crippen LogP contribution in [0.5, 0.6) is 23.0 Å². The lowest BCUT2D eigenvalue weighted by Gasteiger charge is -2.20. The molecule has 36 heavy (non-hydrogen) atoms. The van der Waals surface area contributed by atoms with Crippen LogP contribution in [-0.4, -0.2) is 51.1 Å². The third kappa shape index (κ3) is 4.29. The maximum absolute atomic E-state index is 13.8. The van der Waals surface area contributed by atoms with E-state index in [2.05, 4.69) is 4.98 Å². The van der Waals surface area contributed by atoms with Gasteiger partial charge in [0.15, 0.2) is 23.1 Å². The van der Waals surface area contributed by atoms with E-state index in [1.807, 2.05) is 0 Å². The molecule has 4 rings (SSSR count). The number of rotatable bonds is 7. The van der Waals surface area contributed by atoms with Crippen LogP contribution in [0.2, 0.25) is 0 Å². The summed E-state index contributed by atoms with van der Waals surface area (Å²) >= 11 is 0. The smallest absolute Gasteiger partial charge is 0.355 e. The number of esters is 1. The Morgan fingerprint density at radius 1 is 0.806 bits per heavy atom. The zero-order valence-electron chi connectivity index (χ0n) is 20.4. The topological polar surface area (TPSA) is 98.1 Å². The molecule has 0 bridgehead atoms. The van der Waals surface area contributed by atoms with E-state index in [4.69, 9.17) is 23.7 Å². The molecule has 0 amide bonds. The van der Waals surface area contributed by atoms with Gasteiger partial charge in [0.25, 0.3) is 5.56 Å². The summed E-state index contributed by atoms with van der Waals surface area (Å²) in [5.41, 5.74) is 0.496. The Hall–Kier alpha value is -4.24. The van der Waals surface area contributed by atoms with Crippen LogP contribution in [0, 0.1) is 0 Å². The molecule has 10 heteroatoms. The van der Waals surface area contributed by atoms with Gasteiger partial charge in [0.05, 0.1) is 35.5 Å². The van der Waals surface area contributed by atoms with Crippen LogP contribution in [0.1, 0.15) is 10.5 Å². The summed E-state index contributed by atoms with van der Waals surface area (Å²) in [5.74, 6) is 0.891. The maximum atomic E-state index is 13.8. The van der Waals surface area contributed by atoms with Gasteiger partial charge in [-0.25, -0.2) is 14.3 Å². The van der Waals surface area contributed by atoms with Gasteiger partial charge in [0, 0.05) is 17.1 Å². The third-order valence-corrected chi connectivity index (χ3v) is 5.61. The van der Waals surface area contributed by atoms with Gasteiger partial charge in [-0.15, -0.1) is 12.4 Å². The van der Waals surface area contributed by atoms with Crippen LogP contribution in [0.4, 0.5) is 0 Å². The minimum absolute atomic E-state index is 0. The van der Waals surface area contributed by atoms with E-state index in [0.717, 1.165) is 0 Å². The van der Waals surface area contributed by atoms with Crippen molar-refractivity contribution >= 4 is 29.1 Å².